The molecule has 3 nitrogen and oxygen atoms in total. The minimum Gasteiger partial charge on any atom is -0.374 e. The zero-order chi connectivity index (χ0) is 13.8. The fourth-order valence-electron chi connectivity index (χ4n) is 1.55. The van der Waals surface area contributed by atoms with Crippen LogP contribution in [0, 0.1) is 0 Å². The molecule has 6 heteroatoms. The normalized spacial score (nSPS) is 10.7. The van der Waals surface area contributed by atoms with Crippen LogP contribution >= 0.6 is 34.8 Å². The fraction of sp³-hybridized carbons (Fsp3) is 0.231. The largest absolute Gasteiger partial charge is 0.374 e. The summed E-state index contributed by atoms with van der Waals surface area (Å²) in [5, 5.41) is 1.48. The highest BCUT2D eigenvalue weighted by molar-refractivity contribution is 6.35. The van der Waals surface area contributed by atoms with Crippen LogP contribution < -0.4 is 0 Å². The lowest BCUT2D eigenvalue weighted by Gasteiger charge is -2.07. The average molecular weight is 318 g/mol. The number of rotatable bonds is 4. The third-order valence-electron chi connectivity index (χ3n) is 2.38. The van der Waals surface area contributed by atoms with E-state index in [0.717, 1.165) is 5.56 Å². The maximum atomic E-state index is 6.15. The van der Waals surface area contributed by atoms with Gasteiger partial charge in [0.1, 0.15) is 11.8 Å². The Bertz CT molecular complexity index is 590. The topological polar surface area (TPSA) is 35.0 Å². The van der Waals surface area contributed by atoms with Crippen LogP contribution in [0.2, 0.25) is 15.2 Å². The van der Waals surface area contributed by atoms with Crippen molar-refractivity contribution < 1.29 is 4.74 Å². The van der Waals surface area contributed by atoms with Crippen LogP contribution in [0.4, 0.5) is 0 Å². The van der Waals surface area contributed by atoms with Gasteiger partial charge < -0.3 is 4.74 Å². The van der Waals surface area contributed by atoms with E-state index in [1.165, 1.54) is 0 Å². The Morgan fingerprint density at radius 3 is 2.63 bits per heavy atom. The van der Waals surface area contributed by atoms with Gasteiger partial charge in [-0.3, -0.25) is 0 Å². The van der Waals surface area contributed by atoms with Gasteiger partial charge in [0.25, 0.3) is 0 Å². The average Bonchev–Trinajstić information content (AvgIpc) is 2.38. The van der Waals surface area contributed by atoms with Crippen molar-refractivity contribution in [2.75, 3.05) is 6.61 Å². The van der Waals surface area contributed by atoms with Crippen molar-refractivity contribution in [1.29, 1.82) is 0 Å². The summed E-state index contributed by atoms with van der Waals surface area (Å²) in [5.74, 6) is 0.514. The fourth-order valence-corrected chi connectivity index (χ4v) is 2.14. The molecular weight excluding hydrogens is 307 g/mol. The van der Waals surface area contributed by atoms with Gasteiger partial charge in [0, 0.05) is 23.3 Å². The van der Waals surface area contributed by atoms with Gasteiger partial charge in [-0.1, -0.05) is 34.8 Å². The summed E-state index contributed by atoms with van der Waals surface area (Å²) in [6, 6.07) is 6.83. The summed E-state index contributed by atoms with van der Waals surface area (Å²) >= 11 is 18.1. The number of hydrogen-bond acceptors (Lipinski definition) is 3. The first-order chi connectivity index (χ1) is 9.10. The van der Waals surface area contributed by atoms with Gasteiger partial charge in [0.05, 0.1) is 10.7 Å². The second kappa shape index (κ2) is 6.53. The minimum absolute atomic E-state index is 0.308. The predicted octanol–water partition coefficient (Wildman–Crippen LogP) is 4.64. The van der Waals surface area contributed by atoms with E-state index in [4.69, 9.17) is 39.5 Å². The number of nitrogens with zero attached hydrogens (tertiary/aromatic N) is 2. The van der Waals surface area contributed by atoms with E-state index in [1.54, 1.807) is 24.3 Å². The number of hydrogen-bond donors (Lipinski definition) is 0. The Kier molecular flexibility index (Phi) is 4.99. The van der Waals surface area contributed by atoms with Crippen molar-refractivity contribution in [1.82, 2.24) is 9.97 Å². The van der Waals surface area contributed by atoms with Gasteiger partial charge in [-0.15, -0.1) is 0 Å². The van der Waals surface area contributed by atoms with Gasteiger partial charge in [0.2, 0.25) is 0 Å². The molecule has 0 aliphatic heterocycles. The second-order valence-electron chi connectivity index (χ2n) is 3.75. The van der Waals surface area contributed by atoms with Crippen LogP contribution in [0.25, 0.3) is 11.3 Å². The Morgan fingerprint density at radius 1 is 1.11 bits per heavy atom. The molecule has 1 aromatic carbocycles. The van der Waals surface area contributed by atoms with E-state index in [2.05, 4.69) is 9.97 Å². The molecule has 19 heavy (non-hydrogen) atoms. The van der Waals surface area contributed by atoms with Gasteiger partial charge in [-0.25, -0.2) is 9.97 Å². The van der Waals surface area contributed by atoms with Crippen LogP contribution in [0.15, 0.2) is 24.3 Å². The Hall–Kier alpha value is -0.870. The highest BCUT2D eigenvalue weighted by Gasteiger charge is 2.09. The van der Waals surface area contributed by atoms with E-state index < -0.39 is 0 Å². The molecule has 0 atom stereocenters. The number of ether oxygens (including phenoxy) is 1. The molecule has 0 bridgehead atoms. The quantitative estimate of drug-likeness (QED) is 0.771. The van der Waals surface area contributed by atoms with Gasteiger partial charge in [-0.05, 0) is 25.1 Å². The Morgan fingerprint density at radius 2 is 1.89 bits per heavy atom. The zero-order valence-corrected chi connectivity index (χ0v) is 12.4. The summed E-state index contributed by atoms with van der Waals surface area (Å²) in [5.41, 5.74) is 1.35. The molecule has 100 valence electrons. The molecule has 0 spiro atoms. The lowest BCUT2D eigenvalue weighted by Crippen LogP contribution is -2.00. The smallest absolute Gasteiger partial charge is 0.156 e. The van der Waals surface area contributed by atoms with E-state index in [0.29, 0.717) is 39.9 Å². The summed E-state index contributed by atoms with van der Waals surface area (Å²) in [7, 11) is 0. The number of halogens is 3. The summed E-state index contributed by atoms with van der Waals surface area (Å²) < 4.78 is 5.28. The summed E-state index contributed by atoms with van der Waals surface area (Å²) in [4.78, 5) is 8.48. The molecule has 0 aliphatic rings. The summed E-state index contributed by atoms with van der Waals surface area (Å²) in [6.07, 6.45) is 0. The molecule has 0 saturated carbocycles. The molecule has 1 aromatic heterocycles. The molecule has 1 heterocycles. The molecule has 0 aliphatic carbocycles. The van der Waals surface area contributed by atoms with E-state index in [9.17, 15) is 0 Å². The van der Waals surface area contributed by atoms with Crippen molar-refractivity contribution in [3.63, 3.8) is 0 Å². The maximum absolute atomic E-state index is 6.15. The van der Waals surface area contributed by atoms with Crippen molar-refractivity contribution in [3.8, 4) is 11.3 Å². The van der Waals surface area contributed by atoms with Crippen LogP contribution in [-0.4, -0.2) is 16.6 Å². The van der Waals surface area contributed by atoms with Crippen molar-refractivity contribution in [2.24, 2.45) is 0 Å². The molecule has 0 N–H and O–H groups in total. The summed E-state index contributed by atoms with van der Waals surface area (Å²) in [6.45, 7) is 2.80. The first-order valence-corrected chi connectivity index (χ1v) is 6.80. The lowest BCUT2D eigenvalue weighted by atomic mass is 10.1. The minimum atomic E-state index is 0.308. The number of benzene rings is 1. The van der Waals surface area contributed by atoms with Crippen LogP contribution in [0.1, 0.15) is 12.7 Å². The van der Waals surface area contributed by atoms with Crippen LogP contribution in [0.3, 0.4) is 0 Å². The zero-order valence-electron chi connectivity index (χ0n) is 10.2. The second-order valence-corrected chi connectivity index (χ2v) is 4.98. The van der Waals surface area contributed by atoms with Gasteiger partial charge in [-0.2, -0.15) is 0 Å². The molecule has 2 rings (SSSR count). The van der Waals surface area contributed by atoms with Crippen LogP contribution in [-0.2, 0) is 11.3 Å². The molecular formula is C13H11Cl3N2O. The SMILES string of the molecule is CCOCc1nc(Cl)cc(-c2cc(Cl)ccc2Cl)n1. The Balaban J connectivity index is 2.43. The molecule has 0 unspecified atom stereocenters. The van der Waals surface area contributed by atoms with Gasteiger partial charge >= 0.3 is 0 Å². The highest BCUT2D eigenvalue weighted by atomic mass is 35.5. The predicted molar refractivity (Wildman–Crippen MR) is 77.8 cm³/mol. The van der Waals surface area contributed by atoms with E-state index in [-0.39, 0.29) is 0 Å². The van der Waals surface area contributed by atoms with Crippen molar-refractivity contribution in [2.45, 2.75) is 13.5 Å². The van der Waals surface area contributed by atoms with Gasteiger partial charge in [0.15, 0.2) is 5.82 Å². The van der Waals surface area contributed by atoms with E-state index >= 15 is 0 Å². The molecule has 0 fully saturated rings. The molecule has 0 radical (unpaired) electrons. The first kappa shape index (κ1) is 14.5. The van der Waals surface area contributed by atoms with Crippen LogP contribution in [0.5, 0.6) is 0 Å². The molecule has 0 saturated heterocycles. The standard InChI is InChI=1S/C13H11Cl3N2O/c1-2-19-7-13-17-11(6-12(16)18-13)9-5-8(14)3-4-10(9)15/h3-6H,2,7H2,1H3. The highest BCUT2D eigenvalue weighted by Crippen LogP contribution is 2.30. The monoisotopic (exact) mass is 316 g/mol. The Labute approximate surface area is 126 Å². The lowest BCUT2D eigenvalue weighted by molar-refractivity contribution is 0.128. The molecule has 2 aromatic rings. The molecule has 0 amide bonds. The van der Waals surface area contributed by atoms with Crippen molar-refractivity contribution >= 4 is 34.8 Å². The maximum Gasteiger partial charge on any atom is 0.156 e. The third-order valence-corrected chi connectivity index (χ3v) is 3.14. The number of aromatic nitrogens is 2. The third kappa shape index (κ3) is 3.80. The first-order valence-electron chi connectivity index (χ1n) is 5.66. The van der Waals surface area contributed by atoms with E-state index in [1.807, 2.05) is 6.92 Å². The van der Waals surface area contributed by atoms with Crippen molar-refractivity contribution in [3.05, 3.63) is 45.3 Å².